The minimum absolute atomic E-state index is 0.872. The van der Waals surface area contributed by atoms with Gasteiger partial charge in [0.1, 0.15) is 5.58 Å². The Balaban J connectivity index is 1.14. The van der Waals surface area contributed by atoms with Gasteiger partial charge < -0.3 is 9.32 Å². The van der Waals surface area contributed by atoms with E-state index in [1.54, 1.807) is 0 Å². The summed E-state index contributed by atoms with van der Waals surface area (Å²) < 4.78 is 9.24. The van der Waals surface area contributed by atoms with Crippen molar-refractivity contribution in [3.63, 3.8) is 0 Å². The van der Waals surface area contributed by atoms with Gasteiger partial charge in [-0.3, -0.25) is 0 Å². The second-order valence-corrected chi connectivity index (χ2v) is 15.1. The largest absolute Gasteiger partial charge is 0.454 e. The molecule has 0 bridgehead atoms. The number of hydrogen-bond donors (Lipinski definition) is 0. The molecule has 0 saturated heterocycles. The maximum atomic E-state index is 6.73. The number of anilines is 3. The maximum absolute atomic E-state index is 6.73. The van der Waals surface area contributed by atoms with E-state index in [9.17, 15) is 0 Å². The Kier molecular flexibility index (Phi) is 7.39. The Hall–Kier alpha value is -6.94. The minimum Gasteiger partial charge on any atom is -0.454 e. The molecule has 9 aromatic carbocycles. The van der Waals surface area contributed by atoms with Crippen LogP contribution in [0.15, 0.2) is 205 Å². The number of rotatable bonds is 6. The third kappa shape index (κ3) is 5.24. The molecule has 0 unspecified atom stereocenters. The fraction of sp³-hybridized carbons (Fsp3) is 0. The topological polar surface area (TPSA) is 16.4 Å². The number of nitrogens with zero attached hydrogens (tertiary/aromatic N) is 1. The van der Waals surface area contributed by atoms with Crippen LogP contribution in [0.4, 0.5) is 17.1 Å². The van der Waals surface area contributed by atoms with Crippen molar-refractivity contribution in [1.82, 2.24) is 0 Å². The maximum Gasteiger partial charge on any atom is 0.159 e. The van der Waals surface area contributed by atoms with Gasteiger partial charge in [-0.25, -0.2) is 0 Å². The van der Waals surface area contributed by atoms with E-state index in [0.717, 1.165) is 39.0 Å². The van der Waals surface area contributed by atoms with Crippen LogP contribution >= 0.6 is 11.3 Å². The van der Waals surface area contributed by atoms with Crippen molar-refractivity contribution in [3.8, 4) is 33.4 Å². The van der Waals surface area contributed by atoms with Crippen molar-refractivity contribution >= 4 is 81.3 Å². The van der Waals surface area contributed by atoms with Crippen LogP contribution in [0.3, 0.4) is 0 Å². The number of thiophene rings is 1. The molecular formula is C52H33NOS. The molecule has 2 nitrogen and oxygen atoms in total. The van der Waals surface area contributed by atoms with Gasteiger partial charge in [0.15, 0.2) is 5.58 Å². The highest BCUT2D eigenvalue weighted by Gasteiger charge is 2.23. The standard InChI is InChI=1S/C52H33NOS/c1-2-13-34(14-3-1)35-29-31-37(32-30-35)42-22-10-24-45-46-25-12-27-48(52(46)55-51(42)45)53(47-26-11-23-44-43-20-6-7-28-49(43)54-50(44)47)39-18-8-17-38(33-39)41-21-9-16-36-15-4-5-19-40(36)41/h1-33H. The summed E-state index contributed by atoms with van der Waals surface area (Å²) in [6.45, 7) is 0. The smallest absolute Gasteiger partial charge is 0.159 e. The molecule has 11 aromatic rings. The van der Waals surface area contributed by atoms with E-state index in [1.807, 2.05) is 17.4 Å². The first-order chi connectivity index (χ1) is 27.3. The van der Waals surface area contributed by atoms with Crippen LogP contribution in [0.25, 0.3) is 86.3 Å². The fourth-order valence-electron chi connectivity index (χ4n) is 8.29. The Morgan fingerprint density at radius 3 is 1.82 bits per heavy atom. The van der Waals surface area contributed by atoms with Gasteiger partial charge in [-0.1, -0.05) is 170 Å². The van der Waals surface area contributed by atoms with Crippen molar-refractivity contribution in [1.29, 1.82) is 0 Å². The molecule has 258 valence electrons. The van der Waals surface area contributed by atoms with Gasteiger partial charge in [0.05, 0.1) is 16.1 Å². The molecule has 0 aliphatic rings. The zero-order valence-electron chi connectivity index (χ0n) is 29.8. The lowest BCUT2D eigenvalue weighted by Crippen LogP contribution is -2.10. The molecule has 0 radical (unpaired) electrons. The molecule has 2 heterocycles. The Labute approximate surface area is 322 Å². The van der Waals surface area contributed by atoms with E-state index >= 15 is 0 Å². The molecular weight excluding hydrogens is 687 g/mol. The molecule has 11 rings (SSSR count). The summed E-state index contributed by atoms with van der Waals surface area (Å²) in [6, 6.07) is 72.1. The van der Waals surface area contributed by atoms with Crippen LogP contribution in [0.2, 0.25) is 0 Å². The third-order valence-electron chi connectivity index (χ3n) is 10.9. The molecule has 0 spiro atoms. The average Bonchev–Trinajstić information content (AvgIpc) is 3.84. The summed E-state index contributed by atoms with van der Waals surface area (Å²) in [5.74, 6) is 0. The SMILES string of the molecule is c1ccc(-c2ccc(-c3cccc4c3sc3c(N(c5cccc(-c6cccc7ccccc67)c5)c5cccc6c5oc5ccccc56)cccc34)cc2)cc1. The number of benzene rings is 9. The Morgan fingerprint density at radius 1 is 0.364 bits per heavy atom. The van der Waals surface area contributed by atoms with E-state index in [1.165, 1.54) is 64.3 Å². The zero-order valence-corrected chi connectivity index (χ0v) is 30.6. The predicted octanol–water partition coefficient (Wildman–Crippen LogP) is 15.6. The van der Waals surface area contributed by atoms with Gasteiger partial charge in [0.25, 0.3) is 0 Å². The predicted molar refractivity (Wildman–Crippen MR) is 235 cm³/mol. The van der Waals surface area contributed by atoms with Crippen LogP contribution in [0.5, 0.6) is 0 Å². The second-order valence-electron chi connectivity index (χ2n) is 14.0. The van der Waals surface area contributed by atoms with Crippen LogP contribution in [-0.4, -0.2) is 0 Å². The Morgan fingerprint density at radius 2 is 0.945 bits per heavy atom. The zero-order chi connectivity index (χ0) is 36.3. The van der Waals surface area contributed by atoms with Gasteiger partial charge >= 0.3 is 0 Å². The normalized spacial score (nSPS) is 11.6. The van der Waals surface area contributed by atoms with Crippen molar-refractivity contribution in [2.75, 3.05) is 4.90 Å². The minimum atomic E-state index is 0.872. The van der Waals surface area contributed by atoms with Gasteiger partial charge in [-0.15, -0.1) is 11.3 Å². The monoisotopic (exact) mass is 719 g/mol. The molecule has 0 N–H and O–H groups in total. The first-order valence-corrected chi connectivity index (χ1v) is 19.5. The molecule has 0 aliphatic heterocycles. The van der Waals surface area contributed by atoms with E-state index < -0.39 is 0 Å². The van der Waals surface area contributed by atoms with E-state index in [4.69, 9.17) is 4.42 Å². The lowest BCUT2D eigenvalue weighted by atomic mass is 9.97. The lowest BCUT2D eigenvalue weighted by molar-refractivity contribution is 0.669. The van der Waals surface area contributed by atoms with E-state index in [2.05, 4.69) is 199 Å². The van der Waals surface area contributed by atoms with Crippen LogP contribution in [0.1, 0.15) is 0 Å². The highest BCUT2D eigenvalue weighted by molar-refractivity contribution is 7.27. The summed E-state index contributed by atoms with van der Waals surface area (Å²) in [5.41, 5.74) is 12.2. The number of furan rings is 1. The van der Waals surface area contributed by atoms with Crippen molar-refractivity contribution in [2.45, 2.75) is 0 Å². The van der Waals surface area contributed by atoms with Crippen molar-refractivity contribution in [3.05, 3.63) is 200 Å². The first kappa shape index (κ1) is 31.6. The van der Waals surface area contributed by atoms with Gasteiger partial charge in [-0.05, 0) is 74.5 Å². The molecule has 2 aromatic heterocycles. The Bertz CT molecular complexity index is 3200. The summed E-state index contributed by atoms with van der Waals surface area (Å²) in [4.78, 5) is 2.41. The fourth-order valence-corrected chi connectivity index (χ4v) is 9.63. The second kappa shape index (κ2) is 12.9. The third-order valence-corrected chi connectivity index (χ3v) is 12.2. The van der Waals surface area contributed by atoms with Crippen LogP contribution in [0, 0.1) is 0 Å². The number of hydrogen-bond acceptors (Lipinski definition) is 3. The van der Waals surface area contributed by atoms with Crippen molar-refractivity contribution < 1.29 is 4.42 Å². The van der Waals surface area contributed by atoms with Gasteiger partial charge in [0.2, 0.25) is 0 Å². The average molecular weight is 720 g/mol. The summed E-state index contributed by atoms with van der Waals surface area (Å²) in [7, 11) is 0. The molecule has 0 atom stereocenters. The number of para-hydroxylation sites is 2. The first-order valence-electron chi connectivity index (χ1n) is 18.7. The molecule has 0 fully saturated rings. The number of fused-ring (bicyclic) bond motifs is 7. The molecule has 0 aliphatic carbocycles. The van der Waals surface area contributed by atoms with Gasteiger partial charge in [-0.2, -0.15) is 0 Å². The highest BCUT2D eigenvalue weighted by Crippen LogP contribution is 2.49. The van der Waals surface area contributed by atoms with E-state index in [0.29, 0.717) is 0 Å². The molecule has 0 amide bonds. The summed E-state index contributed by atoms with van der Waals surface area (Å²) in [6.07, 6.45) is 0. The van der Waals surface area contributed by atoms with Crippen LogP contribution < -0.4 is 4.90 Å². The lowest BCUT2D eigenvalue weighted by Gasteiger charge is -2.26. The van der Waals surface area contributed by atoms with Gasteiger partial charge in [0, 0.05) is 31.9 Å². The summed E-state index contributed by atoms with van der Waals surface area (Å²) in [5, 5.41) is 7.20. The van der Waals surface area contributed by atoms with Crippen LogP contribution in [-0.2, 0) is 0 Å². The molecule has 3 heteroatoms. The van der Waals surface area contributed by atoms with Crippen molar-refractivity contribution in [2.24, 2.45) is 0 Å². The quantitative estimate of drug-likeness (QED) is 0.170. The molecule has 55 heavy (non-hydrogen) atoms. The summed E-state index contributed by atoms with van der Waals surface area (Å²) >= 11 is 1.87. The van der Waals surface area contributed by atoms with E-state index in [-0.39, 0.29) is 0 Å². The molecule has 0 saturated carbocycles. The highest BCUT2D eigenvalue weighted by atomic mass is 32.1.